The Labute approximate surface area is 106 Å². The van der Waals surface area contributed by atoms with Crippen molar-refractivity contribution in [1.82, 2.24) is 5.48 Å². The highest BCUT2D eigenvalue weighted by Gasteiger charge is 2.28. The summed E-state index contributed by atoms with van der Waals surface area (Å²) in [5.74, 6) is -0.507. The van der Waals surface area contributed by atoms with Gasteiger partial charge >= 0.3 is 6.18 Å². The van der Waals surface area contributed by atoms with Gasteiger partial charge in [0.15, 0.2) is 13.2 Å². The minimum absolute atomic E-state index is 0.327. The number of hydrogen-bond acceptors (Lipinski definition) is 3. The highest BCUT2D eigenvalue weighted by molar-refractivity contribution is 6.30. The lowest BCUT2D eigenvalue weighted by molar-refractivity contribution is -0.192. The van der Waals surface area contributed by atoms with Crippen molar-refractivity contribution in [3.63, 3.8) is 0 Å². The lowest BCUT2D eigenvalue weighted by atomic mass is 10.3. The van der Waals surface area contributed by atoms with Gasteiger partial charge in [-0.05, 0) is 18.2 Å². The number of rotatable bonds is 5. The summed E-state index contributed by atoms with van der Waals surface area (Å²) < 4.78 is 40.0. The highest BCUT2D eigenvalue weighted by atomic mass is 35.5. The first kappa shape index (κ1) is 14.6. The molecule has 0 aliphatic rings. The predicted molar refractivity (Wildman–Crippen MR) is 57.1 cm³/mol. The van der Waals surface area contributed by atoms with Gasteiger partial charge in [0.25, 0.3) is 5.91 Å². The van der Waals surface area contributed by atoms with Gasteiger partial charge in [-0.15, -0.1) is 0 Å². The molecule has 0 fully saturated rings. The van der Waals surface area contributed by atoms with Crippen LogP contribution < -0.4 is 10.2 Å². The Kier molecular flexibility index (Phi) is 5.24. The zero-order chi connectivity index (χ0) is 13.6. The third-order valence-electron chi connectivity index (χ3n) is 1.59. The first-order chi connectivity index (χ1) is 8.37. The van der Waals surface area contributed by atoms with Crippen molar-refractivity contribution in [2.45, 2.75) is 6.18 Å². The van der Waals surface area contributed by atoms with E-state index in [-0.39, 0.29) is 0 Å². The molecule has 1 amide bonds. The lowest BCUT2D eigenvalue weighted by Gasteiger charge is -2.09. The molecule has 1 rings (SSSR count). The summed E-state index contributed by atoms with van der Waals surface area (Å²) in [5.41, 5.74) is 1.61. The van der Waals surface area contributed by atoms with Gasteiger partial charge in [0, 0.05) is 5.02 Å². The molecule has 0 saturated heterocycles. The summed E-state index contributed by atoms with van der Waals surface area (Å²) in [4.78, 5) is 15.0. The first-order valence-electron chi connectivity index (χ1n) is 4.72. The molecule has 0 radical (unpaired) electrons. The second-order valence-electron chi connectivity index (χ2n) is 3.18. The summed E-state index contributed by atoms with van der Waals surface area (Å²) in [7, 11) is 0. The monoisotopic (exact) mass is 283 g/mol. The second kappa shape index (κ2) is 6.46. The maximum absolute atomic E-state index is 11.7. The molecule has 18 heavy (non-hydrogen) atoms. The summed E-state index contributed by atoms with van der Waals surface area (Å²) in [6, 6.07) is 6.23. The number of carbonyl (C=O) groups excluding carboxylic acids is 1. The topological polar surface area (TPSA) is 47.6 Å². The van der Waals surface area contributed by atoms with E-state index in [2.05, 4.69) is 4.84 Å². The Hall–Kier alpha value is -1.47. The zero-order valence-electron chi connectivity index (χ0n) is 8.96. The van der Waals surface area contributed by atoms with E-state index >= 15 is 0 Å². The van der Waals surface area contributed by atoms with E-state index in [4.69, 9.17) is 16.3 Å². The molecule has 1 N–H and O–H groups in total. The first-order valence-corrected chi connectivity index (χ1v) is 5.10. The minimum atomic E-state index is -4.50. The van der Waals surface area contributed by atoms with Crippen molar-refractivity contribution in [3.8, 4) is 5.75 Å². The molecular formula is C10H9ClF3NO3. The molecule has 8 heteroatoms. The van der Waals surface area contributed by atoms with Crippen LogP contribution in [-0.2, 0) is 9.63 Å². The van der Waals surface area contributed by atoms with Crippen molar-refractivity contribution in [3.05, 3.63) is 29.3 Å². The fourth-order valence-corrected chi connectivity index (χ4v) is 1.11. The van der Waals surface area contributed by atoms with E-state index in [1.165, 1.54) is 6.07 Å². The normalized spacial score (nSPS) is 11.1. The zero-order valence-corrected chi connectivity index (χ0v) is 9.72. The molecule has 4 nitrogen and oxygen atoms in total. The molecule has 0 heterocycles. The third-order valence-corrected chi connectivity index (χ3v) is 1.82. The van der Waals surface area contributed by atoms with Crippen LogP contribution in [0, 0.1) is 0 Å². The third kappa shape index (κ3) is 6.31. The van der Waals surface area contributed by atoms with E-state index < -0.39 is 25.3 Å². The number of amides is 1. The molecule has 1 aromatic carbocycles. The van der Waals surface area contributed by atoms with E-state index in [0.717, 1.165) is 0 Å². The van der Waals surface area contributed by atoms with Crippen LogP contribution in [0.5, 0.6) is 5.75 Å². The maximum atomic E-state index is 11.7. The van der Waals surface area contributed by atoms with Crippen molar-refractivity contribution < 1.29 is 27.5 Å². The van der Waals surface area contributed by atoms with Gasteiger partial charge in [0.1, 0.15) is 5.75 Å². The number of halogens is 4. The minimum Gasteiger partial charge on any atom is -0.484 e. The van der Waals surface area contributed by atoms with Gasteiger partial charge in [-0.1, -0.05) is 17.7 Å². The van der Waals surface area contributed by atoms with E-state index in [9.17, 15) is 18.0 Å². The number of nitrogens with one attached hydrogen (secondary N) is 1. The smallest absolute Gasteiger partial charge is 0.414 e. The SMILES string of the molecule is O=C(COc1cccc(Cl)c1)NOCC(F)(F)F. The molecule has 0 spiro atoms. The summed E-state index contributed by atoms with van der Waals surface area (Å²) in [6.45, 7) is -2.03. The largest absolute Gasteiger partial charge is 0.484 e. The van der Waals surface area contributed by atoms with Gasteiger partial charge < -0.3 is 4.74 Å². The highest BCUT2D eigenvalue weighted by Crippen LogP contribution is 2.17. The lowest BCUT2D eigenvalue weighted by Crippen LogP contribution is -2.32. The standard InChI is InChI=1S/C10H9ClF3NO3/c11-7-2-1-3-8(4-7)17-5-9(16)15-18-6-10(12,13)14/h1-4H,5-6H2,(H,15,16). The summed E-state index contributed by atoms with van der Waals surface area (Å²) >= 11 is 5.66. The van der Waals surface area contributed by atoms with Crippen molar-refractivity contribution >= 4 is 17.5 Å². The average molecular weight is 284 g/mol. The molecule has 1 aromatic rings. The van der Waals surface area contributed by atoms with Gasteiger partial charge in [0.05, 0.1) is 0 Å². The van der Waals surface area contributed by atoms with Gasteiger partial charge in [-0.3, -0.25) is 9.63 Å². The van der Waals surface area contributed by atoms with Crippen LogP contribution in [0.4, 0.5) is 13.2 Å². The molecule has 0 saturated carbocycles. The van der Waals surface area contributed by atoms with Gasteiger partial charge in [-0.2, -0.15) is 13.2 Å². The molecule has 0 bridgehead atoms. The Morgan fingerprint density at radius 3 is 2.72 bits per heavy atom. The predicted octanol–water partition coefficient (Wildman–Crippen LogP) is 2.33. The Bertz CT molecular complexity index is 412. The second-order valence-corrected chi connectivity index (χ2v) is 3.61. The summed E-state index contributed by atoms with van der Waals surface area (Å²) in [5, 5.41) is 0.418. The number of ether oxygens (including phenoxy) is 1. The van der Waals surface area contributed by atoms with E-state index in [1.54, 1.807) is 23.7 Å². The van der Waals surface area contributed by atoms with Crippen molar-refractivity contribution in [1.29, 1.82) is 0 Å². The molecule has 0 aliphatic carbocycles. The average Bonchev–Trinajstić information content (AvgIpc) is 2.25. The van der Waals surface area contributed by atoms with Crippen LogP contribution in [0.15, 0.2) is 24.3 Å². The van der Waals surface area contributed by atoms with Crippen molar-refractivity contribution in [2.24, 2.45) is 0 Å². The van der Waals surface area contributed by atoms with Gasteiger partial charge in [0.2, 0.25) is 0 Å². The Morgan fingerprint density at radius 1 is 1.39 bits per heavy atom. The van der Waals surface area contributed by atoms with Crippen LogP contribution in [0.25, 0.3) is 0 Å². The quantitative estimate of drug-likeness (QED) is 0.844. The molecule has 0 aromatic heterocycles. The Balaban J connectivity index is 2.25. The van der Waals surface area contributed by atoms with Crippen LogP contribution in [-0.4, -0.2) is 25.3 Å². The molecule has 100 valence electrons. The number of benzene rings is 1. The number of hydrogen-bond donors (Lipinski definition) is 1. The van der Waals surface area contributed by atoms with E-state index in [0.29, 0.717) is 10.8 Å². The maximum Gasteiger partial charge on any atom is 0.414 e. The number of carbonyl (C=O) groups is 1. The molecule has 0 atom stereocenters. The molecule has 0 aliphatic heterocycles. The molecule has 0 unspecified atom stereocenters. The van der Waals surface area contributed by atoms with Crippen LogP contribution >= 0.6 is 11.6 Å². The molecular weight excluding hydrogens is 275 g/mol. The van der Waals surface area contributed by atoms with Crippen LogP contribution in [0.2, 0.25) is 5.02 Å². The van der Waals surface area contributed by atoms with Crippen molar-refractivity contribution in [2.75, 3.05) is 13.2 Å². The fraction of sp³-hybridized carbons (Fsp3) is 0.300. The fourth-order valence-electron chi connectivity index (χ4n) is 0.934. The Morgan fingerprint density at radius 2 is 2.11 bits per heavy atom. The number of alkyl halides is 3. The van der Waals surface area contributed by atoms with Crippen LogP contribution in [0.1, 0.15) is 0 Å². The number of hydroxylamine groups is 1. The van der Waals surface area contributed by atoms with Crippen LogP contribution in [0.3, 0.4) is 0 Å². The van der Waals surface area contributed by atoms with Gasteiger partial charge in [-0.25, -0.2) is 5.48 Å². The summed E-state index contributed by atoms with van der Waals surface area (Å²) in [6.07, 6.45) is -4.50. The van der Waals surface area contributed by atoms with E-state index in [1.807, 2.05) is 0 Å².